The lowest BCUT2D eigenvalue weighted by Gasteiger charge is -1.98. The highest BCUT2D eigenvalue weighted by atomic mass is 32.2. The Bertz CT molecular complexity index is 382. The summed E-state index contributed by atoms with van der Waals surface area (Å²) in [6, 6.07) is 0. The number of alkyl halides is 3. The van der Waals surface area contributed by atoms with E-state index in [9.17, 15) is 52.7 Å². The predicted octanol–water partition coefficient (Wildman–Crippen LogP) is 6.42. The van der Waals surface area contributed by atoms with Gasteiger partial charge in [-0.2, -0.15) is 52.7 Å². The van der Waals surface area contributed by atoms with Crippen molar-refractivity contribution in [1.29, 1.82) is 0 Å². The largest absolute Gasteiger partial charge is 0.448 e. The number of rotatable bonds is 2. The number of allylic oxidation sites excluding steroid dienone is 1. The monoisotopic (exact) mass is 344 g/mol. The summed E-state index contributed by atoms with van der Waals surface area (Å²) in [7, 11) is 0. The van der Waals surface area contributed by atoms with Crippen molar-refractivity contribution in [3.63, 3.8) is 0 Å². The van der Waals surface area contributed by atoms with Gasteiger partial charge in [0.05, 0.1) is 0 Å². The van der Waals surface area contributed by atoms with Gasteiger partial charge in [0.2, 0.25) is 10.3 Å². The normalized spacial score (nSPS) is 10.2. The number of hydrogen-bond donors (Lipinski definition) is 0. The second-order valence-electron chi connectivity index (χ2n) is 2.24. The van der Waals surface area contributed by atoms with E-state index in [0.717, 1.165) is 0 Å². The van der Waals surface area contributed by atoms with Crippen LogP contribution in [0.3, 0.4) is 0 Å². The van der Waals surface area contributed by atoms with E-state index < -0.39 is 52.3 Å². The standard InChI is InChI=1S/C4F6S.C3F6/c5-1(6)3(9)11-4(10)2(7)8;4-1(2(5)6)3(7,8)9. The van der Waals surface area contributed by atoms with E-state index in [1.54, 1.807) is 0 Å². The molecule has 13 heteroatoms. The maximum absolute atomic E-state index is 11.6. The first-order valence-corrected chi connectivity index (χ1v) is 4.49. The summed E-state index contributed by atoms with van der Waals surface area (Å²) >= 11 is -0.958. The van der Waals surface area contributed by atoms with Crippen LogP contribution in [-0.2, 0) is 0 Å². The Balaban J connectivity index is 0. The first-order chi connectivity index (χ1) is 8.80. The average molecular weight is 344 g/mol. The summed E-state index contributed by atoms with van der Waals surface area (Å²) in [6.07, 6.45) is -14.6. The van der Waals surface area contributed by atoms with E-state index in [1.165, 1.54) is 0 Å². The molecular weight excluding hydrogens is 344 g/mol. The predicted molar refractivity (Wildman–Crippen MR) is 44.7 cm³/mol. The average Bonchev–Trinajstić information content (AvgIpc) is 2.26. The lowest BCUT2D eigenvalue weighted by atomic mass is 10.6. The van der Waals surface area contributed by atoms with E-state index in [0.29, 0.717) is 0 Å². The zero-order valence-electron chi connectivity index (χ0n) is 8.44. The van der Waals surface area contributed by atoms with Crippen molar-refractivity contribution in [3.05, 3.63) is 34.4 Å². The molecule has 0 unspecified atom stereocenters. The van der Waals surface area contributed by atoms with E-state index >= 15 is 0 Å². The van der Waals surface area contributed by atoms with Crippen molar-refractivity contribution < 1.29 is 52.7 Å². The van der Waals surface area contributed by atoms with Gasteiger partial charge in [0.15, 0.2) is 0 Å². The van der Waals surface area contributed by atoms with Gasteiger partial charge in [0.1, 0.15) is 0 Å². The van der Waals surface area contributed by atoms with Crippen molar-refractivity contribution in [2.45, 2.75) is 6.18 Å². The van der Waals surface area contributed by atoms with Crippen LogP contribution in [0.4, 0.5) is 52.7 Å². The van der Waals surface area contributed by atoms with Crippen LogP contribution in [0.15, 0.2) is 34.4 Å². The maximum Gasteiger partial charge on any atom is 0.448 e. The molecule has 0 radical (unpaired) electrons. The van der Waals surface area contributed by atoms with Gasteiger partial charge in [-0.3, -0.25) is 0 Å². The van der Waals surface area contributed by atoms with Crippen LogP contribution in [0, 0.1) is 0 Å². The molecule has 0 N–H and O–H groups in total. The smallest absolute Gasteiger partial charge is 0.196 e. The van der Waals surface area contributed by atoms with E-state index in [4.69, 9.17) is 0 Å². The molecule has 0 rings (SSSR count). The van der Waals surface area contributed by atoms with Crippen molar-refractivity contribution in [2.75, 3.05) is 0 Å². The molecule has 0 fully saturated rings. The molecule has 118 valence electrons. The van der Waals surface area contributed by atoms with Crippen molar-refractivity contribution in [2.24, 2.45) is 0 Å². The second kappa shape index (κ2) is 8.81. The van der Waals surface area contributed by atoms with Gasteiger partial charge in [-0.15, -0.1) is 0 Å². The Morgan fingerprint density at radius 3 is 0.950 bits per heavy atom. The van der Waals surface area contributed by atoms with E-state index in [-0.39, 0.29) is 0 Å². The summed E-state index contributed by atoms with van der Waals surface area (Å²) < 4.78 is 132. The molecule has 0 aliphatic carbocycles. The Labute approximate surface area is 106 Å². The van der Waals surface area contributed by atoms with Crippen molar-refractivity contribution in [1.82, 2.24) is 0 Å². The first kappa shape index (κ1) is 21.0. The van der Waals surface area contributed by atoms with E-state index in [2.05, 4.69) is 0 Å². The molecule has 0 aromatic rings. The minimum atomic E-state index is -5.56. The lowest BCUT2D eigenvalue weighted by molar-refractivity contribution is -0.113. The van der Waals surface area contributed by atoms with Gasteiger partial charge in [-0.05, 0) is 11.8 Å². The third-order valence-electron chi connectivity index (χ3n) is 0.891. The number of thioether (sulfide) groups is 1. The molecule has 0 aromatic heterocycles. The minimum Gasteiger partial charge on any atom is -0.196 e. The summed E-state index contributed by atoms with van der Waals surface area (Å²) in [4.78, 5) is 0. The lowest BCUT2D eigenvalue weighted by Crippen LogP contribution is -2.08. The number of hydrogen-bond acceptors (Lipinski definition) is 1. The summed E-state index contributed by atoms with van der Waals surface area (Å²) in [5.74, 6) is -3.33. The Kier molecular flexibility index (Phi) is 9.27. The van der Waals surface area contributed by atoms with E-state index in [1.807, 2.05) is 0 Å². The zero-order valence-corrected chi connectivity index (χ0v) is 9.26. The van der Waals surface area contributed by atoms with Crippen LogP contribution in [-0.4, -0.2) is 6.18 Å². The number of halogens is 12. The molecule has 0 aromatic carbocycles. The molecule has 0 saturated heterocycles. The second-order valence-corrected chi connectivity index (χ2v) is 3.16. The zero-order chi connectivity index (χ0) is 16.7. The highest BCUT2D eigenvalue weighted by molar-refractivity contribution is 8.06. The molecule has 0 aliphatic rings. The van der Waals surface area contributed by atoms with Crippen LogP contribution in [0.25, 0.3) is 0 Å². The third-order valence-corrected chi connectivity index (χ3v) is 1.56. The van der Waals surface area contributed by atoms with Crippen LogP contribution in [0.2, 0.25) is 0 Å². The summed E-state index contributed by atoms with van der Waals surface area (Å²) in [6.45, 7) is 0. The molecule has 0 bridgehead atoms. The topological polar surface area (TPSA) is 0 Å². The van der Waals surface area contributed by atoms with Gasteiger partial charge in [0.25, 0.3) is 5.83 Å². The van der Waals surface area contributed by atoms with Gasteiger partial charge >= 0.3 is 24.4 Å². The molecule has 0 spiro atoms. The van der Waals surface area contributed by atoms with Crippen LogP contribution in [0.5, 0.6) is 0 Å². The fourth-order valence-corrected chi connectivity index (χ4v) is 0.575. The fraction of sp³-hybridized carbons (Fsp3) is 0.143. The van der Waals surface area contributed by atoms with Gasteiger partial charge in [-0.1, -0.05) is 0 Å². The van der Waals surface area contributed by atoms with Crippen LogP contribution < -0.4 is 0 Å². The van der Waals surface area contributed by atoms with Crippen LogP contribution >= 0.6 is 11.8 Å². The maximum atomic E-state index is 11.6. The fourth-order valence-electron chi connectivity index (χ4n) is 0.263. The third kappa shape index (κ3) is 9.63. The molecule has 0 saturated carbocycles. The van der Waals surface area contributed by atoms with Crippen molar-refractivity contribution in [3.8, 4) is 0 Å². The molecular formula is C7F12S. The van der Waals surface area contributed by atoms with Crippen molar-refractivity contribution >= 4 is 11.8 Å². The molecule has 0 aliphatic heterocycles. The van der Waals surface area contributed by atoms with Crippen LogP contribution in [0.1, 0.15) is 0 Å². The highest BCUT2D eigenvalue weighted by Gasteiger charge is 2.38. The molecule has 20 heavy (non-hydrogen) atoms. The highest BCUT2D eigenvalue weighted by Crippen LogP contribution is 2.33. The molecule has 0 heterocycles. The first-order valence-electron chi connectivity index (χ1n) is 3.68. The minimum absolute atomic E-state index is 0.958. The molecule has 0 nitrogen and oxygen atoms in total. The molecule has 0 amide bonds. The Morgan fingerprint density at radius 2 is 0.850 bits per heavy atom. The van der Waals surface area contributed by atoms with Gasteiger partial charge in [0, 0.05) is 0 Å². The quantitative estimate of drug-likeness (QED) is 0.521. The summed E-state index contributed by atoms with van der Waals surface area (Å²) in [5.41, 5.74) is 0. The summed E-state index contributed by atoms with van der Waals surface area (Å²) in [5, 5.41) is -4.54. The van der Waals surface area contributed by atoms with Gasteiger partial charge in [-0.25, -0.2) is 0 Å². The van der Waals surface area contributed by atoms with Gasteiger partial charge < -0.3 is 0 Å². The Morgan fingerprint density at radius 1 is 0.550 bits per heavy atom. The SMILES string of the molecule is FC(F)=C(F)C(F)(F)F.FC(F)=C(F)SC(F)=C(F)F. The Hall–Kier alpha value is -1.27. The molecule has 0 atom stereocenters.